The Kier molecular flexibility index (Phi) is 4.52. The van der Waals surface area contributed by atoms with Gasteiger partial charge in [0, 0.05) is 0 Å². The van der Waals surface area contributed by atoms with Gasteiger partial charge in [-0.2, -0.15) is 0 Å². The molecule has 0 aromatic heterocycles. The molecule has 0 spiro atoms. The van der Waals surface area contributed by atoms with E-state index >= 15 is 0 Å². The Morgan fingerprint density at radius 3 is 1.18 bits per heavy atom. The molecule has 4 heteroatoms. The van der Waals surface area contributed by atoms with Crippen LogP contribution in [0.25, 0.3) is 0 Å². The monoisotopic (exact) mass is 316 g/mol. The van der Waals surface area contributed by atoms with Crippen molar-refractivity contribution in [2.24, 2.45) is 0 Å². The highest BCUT2D eigenvalue weighted by Gasteiger charge is 2.30. The zero-order chi connectivity index (χ0) is 9.28. The average molecular weight is 316 g/mol. The van der Waals surface area contributed by atoms with E-state index in [0.717, 1.165) is 0 Å². The minimum Gasteiger partial charge on any atom is -0.0659 e. The third-order valence-corrected chi connectivity index (χ3v) is 17.9. The van der Waals surface area contributed by atoms with E-state index < -0.39 is 16.1 Å². The highest BCUT2D eigenvalue weighted by molar-refractivity contribution is 14.2. The molecule has 0 rings (SSSR count). The van der Waals surface area contributed by atoms with Crippen LogP contribution in [0, 0.1) is 0 Å². The predicted molar refractivity (Wildman–Crippen MR) is 72.6 cm³/mol. The van der Waals surface area contributed by atoms with Gasteiger partial charge in [0.2, 0.25) is 0 Å². The van der Waals surface area contributed by atoms with Crippen molar-refractivity contribution in [3.05, 3.63) is 0 Å². The number of rotatable bonds is 2. The summed E-state index contributed by atoms with van der Waals surface area (Å²) in [6.45, 7) is 14.8. The third-order valence-electron chi connectivity index (χ3n) is 1.51. The van der Waals surface area contributed by atoms with Gasteiger partial charge in [0.1, 0.15) is 0 Å². The molecule has 0 atom stereocenters. The van der Waals surface area contributed by atoms with E-state index in [1.807, 2.05) is 4.54 Å². The summed E-state index contributed by atoms with van der Waals surface area (Å²) in [7, 11) is -1.93. The first kappa shape index (κ1) is 12.3. The maximum absolute atomic E-state index is 2.50. The summed E-state index contributed by atoms with van der Waals surface area (Å²) in [5, 5.41) is 0. The highest BCUT2D eigenvalue weighted by Crippen LogP contribution is 2.25. The van der Waals surface area contributed by atoms with Crippen molar-refractivity contribution in [3.63, 3.8) is 0 Å². The van der Waals surface area contributed by atoms with Crippen molar-refractivity contribution < 1.29 is 0 Å². The van der Waals surface area contributed by atoms with E-state index in [-0.39, 0.29) is 0 Å². The summed E-state index contributed by atoms with van der Waals surface area (Å²) in [6, 6.07) is 0. The molecule has 0 saturated carbocycles. The van der Waals surface area contributed by atoms with Crippen LogP contribution < -0.4 is 0 Å². The Morgan fingerprint density at radius 1 is 0.909 bits per heavy atom. The fraction of sp³-hybridized carbons (Fsp3) is 0.857. The summed E-state index contributed by atoms with van der Waals surface area (Å²) >= 11 is 2.50. The Balaban J connectivity index is 4.74. The second kappa shape index (κ2) is 4.03. The summed E-state index contributed by atoms with van der Waals surface area (Å²) in [4.78, 5) is 0. The van der Waals surface area contributed by atoms with Gasteiger partial charge in [0.15, 0.2) is 0 Å². The third kappa shape index (κ3) is 4.20. The highest BCUT2D eigenvalue weighted by atomic mass is 127. The molecule has 11 heavy (non-hydrogen) atoms. The standard InChI is InChI=1S/C7H18IPSi2/c1-10(2,3)7(9-8)11(4,5)6/h1-6H3. The number of hydrogen-bond acceptors (Lipinski definition) is 0. The molecule has 0 aliphatic rings. The van der Waals surface area contributed by atoms with E-state index in [1.54, 1.807) is 0 Å². The quantitative estimate of drug-likeness (QED) is 0.407. The first-order valence-electron chi connectivity index (χ1n) is 3.89. The molecule has 0 aliphatic carbocycles. The number of halogens is 1. The van der Waals surface area contributed by atoms with Gasteiger partial charge in [-0.05, 0) is 27.9 Å². The molecule has 0 aromatic carbocycles. The second-order valence-corrected chi connectivity index (χ2v) is 18.3. The maximum atomic E-state index is 2.50. The molecule has 0 fully saturated rings. The first-order chi connectivity index (χ1) is 4.69. The molecular formula is C7H18IPSi2. The summed E-state index contributed by atoms with van der Waals surface area (Å²) in [5.41, 5.74) is 0. The molecule has 0 radical (unpaired) electrons. The molecule has 0 bridgehead atoms. The summed E-state index contributed by atoms with van der Waals surface area (Å²) < 4.78 is 1.89. The van der Waals surface area contributed by atoms with Crippen LogP contribution in [0.15, 0.2) is 0 Å². The molecule has 0 nitrogen and oxygen atoms in total. The van der Waals surface area contributed by atoms with Gasteiger partial charge in [0.05, 0.1) is 16.1 Å². The van der Waals surface area contributed by atoms with Crippen molar-refractivity contribution in [2.75, 3.05) is 0 Å². The summed E-state index contributed by atoms with van der Waals surface area (Å²) in [5.74, 6) is 1.53. The molecule has 0 aromatic rings. The normalized spacial score (nSPS) is 13.7. The Labute approximate surface area is 87.5 Å². The topological polar surface area (TPSA) is 0 Å². The van der Waals surface area contributed by atoms with Crippen LogP contribution in [0.1, 0.15) is 0 Å². The first-order valence-corrected chi connectivity index (χ1v) is 14.6. The molecule has 0 N–H and O–H groups in total. The maximum Gasteiger partial charge on any atom is 0.0740 e. The number of hydrogen-bond donors (Lipinski definition) is 0. The fourth-order valence-corrected chi connectivity index (χ4v) is 25.4. The van der Waals surface area contributed by atoms with Crippen LogP contribution in [0.3, 0.4) is 0 Å². The van der Waals surface area contributed by atoms with E-state index in [1.165, 1.54) is 5.85 Å². The van der Waals surface area contributed by atoms with Crippen molar-refractivity contribution in [1.29, 1.82) is 0 Å². The van der Waals surface area contributed by atoms with E-state index in [2.05, 4.69) is 61.3 Å². The lowest BCUT2D eigenvalue weighted by Crippen LogP contribution is -2.48. The van der Waals surface area contributed by atoms with Gasteiger partial charge in [0.25, 0.3) is 0 Å². The van der Waals surface area contributed by atoms with Gasteiger partial charge in [-0.3, -0.25) is 0 Å². The molecule has 66 valence electrons. The molecular weight excluding hydrogens is 298 g/mol. The smallest absolute Gasteiger partial charge is 0.0659 e. The van der Waals surface area contributed by atoms with Crippen molar-refractivity contribution in [1.82, 2.24) is 0 Å². The molecule has 0 unspecified atom stereocenters. The van der Waals surface area contributed by atoms with E-state index in [0.29, 0.717) is 0 Å². The minimum atomic E-state index is -0.964. The van der Waals surface area contributed by atoms with Crippen LogP contribution in [0.2, 0.25) is 39.3 Å². The zero-order valence-corrected chi connectivity index (χ0v) is 13.4. The fourth-order valence-electron chi connectivity index (χ4n) is 1.38. The molecule has 0 aliphatic heterocycles. The van der Waals surface area contributed by atoms with Gasteiger partial charge in [-0.25, -0.2) is 0 Å². The van der Waals surface area contributed by atoms with Crippen molar-refractivity contribution >= 4 is 48.6 Å². The zero-order valence-electron chi connectivity index (χ0n) is 8.33. The van der Waals surface area contributed by atoms with Crippen LogP contribution in [0.5, 0.6) is 0 Å². The molecule has 0 heterocycles. The van der Waals surface area contributed by atoms with Crippen LogP contribution in [0.4, 0.5) is 0 Å². The van der Waals surface area contributed by atoms with Crippen molar-refractivity contribution in [2.45, 2.75) is 39.3 Å². The lowest BCUT2D eigenvalue weighted by Gasteiger charge is -2.29. The largest absolute Gasteiger partial charge is 0.0740 e. The Bertz CT molecular complexity index is 148. The van der Waals surface area contributed by atoms with Crippen LogP contribution >= 0.6 is 27.9 Å². The van der Waals surface area contributed by atoms with Gasteiger partial charge in [-0.1, -0.05) is 43.8 Å². The van der Waals surface area contributed by atoms with Crippen LogP contribution in [-0.2, 0) is 0 Å². The summed E-state index contributed by atoms with van der Waals surface area (Å²) in [6.07, 6.45) is 0. The van der Waals surface area contributed by atoms with Crippen molar-refractivity contribution in [3.8, 4) is 0 Å². The SMILES string of the molecule is C[Si](C)(C)C(=PI)[Si](C)(C)C. The lowest BCUT2D eigenvalue weighted by molar-refractivity contribution is 1.79. The predicted octanol–water partition coefficient (Wildman–Crippen LogP) is 4.21. The average Bonchev–Trinajstić information content (AvgIpc) is 1.56. The second-order valence-electron chi connectivity index (χ2n) is 4.93. The Hall–Kier alpha value is 1.33. The molecule has 0 amide bonds. The van der Waals surface area contributed by atoms with Gasteiger partial charge >= 0.3 is 0 Å². The molecule has 0 saturated heterocycles. The lowest BCUT2D eigenvalue weighted by atomic mass is 11.7. The van der Waals surface area contributed by atoms with Crippen LogP contribution in [-0.4, -0.2) is 20.7 Å². The van der Waals surface area contributed by atoms with Gasteiger partial charge in [-0.15, -0.1) is 0 Å². The minimum absolute atomic E-state index is 0.964. The Morgan fingerprint density at radius 2 is 1.18 bits per heavy atom. The van der Waals surface area contributed by atoms with Gasteiger partial charge < -0.3 is 0 Å². The van der Waals surface area contributed by atoms with E-state index in [9.17, 15) is 0 Å². The van der Waals surface area contributed by atoms with E-state index in [4.69, 9.17) is 0 Å².